The first-order chi connectivity index (χ1) is 14.5. The minimum Gasteiger partial charge on any atom is -0.497 e. The van der Waals surface area contributed by atoms with Crippen molar-refractivity contribution in [3.63, 3.8) is 0 Å². The SMILES string of the molecule is CCOC(=O)C1=C(c2ccc(OC)cc2)NC(=O)NC1c1ccc(OCC)c(Cl)c1. The molecule has 1 atom stereocenters. The van der Waals surface area contributed by atoms with E-state index in [1.165, 1.54) is 0 Å². The van der Waals surface area contributed by atoms with Crippen molar-refractivity contribution in [3.8, 4) is 11.5 Å². The second kappa shape index (κ2) is 9.54. The van der Waals surface area contributed by atoms with Gasteiger partial charge in [0, 0.05) is 0 Å². The van der Waals surface area contributed by atoms with Crippen LogP contribution < -0.4 is 20.1 Å². The number of carbonyl (C=O) groups excluding carboxylic acids is 2. The van der Waals surface area contributed by atoms with Gasteiger partial charge < -0.3 is 24.8 Å². The van der Waals surface area contributed by atoms with Gasteiger partial charge in [-0.15, -0.1) is 0 Å². The Labute approximate surface area is 180 Å². The number of benzene rings is 2. The first kappa shape index (κ1) is 21.5. The van der Waals surface area contributed by atoms with E-state index in [1.807, 2.05) is 6.92 Å². The summed E-state index contributed by atoms with van der Waals surface area (Å²) in [5.74, 6) is 0.651. The molecule has 0 spiro atoms. The Hall–Kier alpha value is -3.19. The maximum absolute atomic E-state index is 12.9. The van der Waals surface area contributed by atoms with Crippen molar-refractivity contribution in [2.45, 2.75) is 19.9 Å². The number of halogens is 1. The fraction of sp³-hybridized carbons (Fsp3) is 0.273. The molecule has 0 aliphatic carbocycles. The van der Waals surface area contributed by atoms with Gasteiger partial charge in [0.1, 0.15) is 11.5 Å². The lowest BCUT2D eigenvalue weighted by molar-refractivity contribution is -0.138. The largest absolute Gasteiger partial charge is 0.497 e. The lowest BCUT2D eigenvalue weighted by Crippen LogP contribution is -2.45. The molecule has 8 heteroatoms. The van der Waals surface area contributed by atoms with Gasteiger partial charge in [-0.1, -0.05) is 17.7 Å². The summed E-state index contributed by atoms with van der Waals surface area (Å²) in [6.07, 6.45) is 0. The molecule has 2 aromatic rings. The highest BCUT2D eigenvalue weighted by Crippen LogP contribution is 2.35. The molecule has 0 radical (unpaired) electrons. The van der Waals surface area contributed by atoms with Crippen LogP contribution in [0.15, 0.2) is 48.0 Å². The summed E-state index contributed by atoms with van der Waals surface area (Å²) >= 11 is 6.34. The van der Waals surface area contributed by atoms with E-state index in [0.717, 1.165) is 0 Å². The zero-order valence-corrected chi connectivity index (χ0v) is 17.7. The molecule has 158 valence electrons. The number of esters is 1. The number of hydrogen-bond acceptors (Lipinski definition) is 5. The Morgan fingerprint density at radius 3 is 2.43 bits per heavy atom. The molecule has 30 heavy (non-hydrogen) atoms. The van der Waals surface area contributed by atoms with Gasteiger partial charge in [0.25, 0.3) is 0 Å². The first-order valence-corrected chi connectivity index (χ1v) is 9.91. The predicted molar refractivity (Wildman–Crippen MR) is 114 cm³/mol. The van der Waals surface area contributed by atoms with E-state index in [1.54, 1.807) is 56.5 Å². The first-order valence-electron chi connectivity index (χ1n) is 9.53. The minimum atomic E-state index is -0.747. The number of amides is 2. The van der Waals surface area contributed by atoms with Crippen LogP contribution in [0.5, 0.6) is 11.5 Å². The van der Waals surface area contributed by atoms with E-state index in [0.29, 0.717) is 40.0 Å². The van der Waals surface area contributed by atoms with Gasteiger partial charge in [-0.2, -0.15) is 0 Å². The predicted octanol–water partition coefficient (Wildman–Crippen LogP) is 4.08. The lowest BCUT2D eigenvalue weighted by Gasteiger charge is -2.29. The third-order valence-electron chi connectivity index (χ3n) is 4.54. The highest BCUT2D eigenvalue weighted by molar-refractivity contribution is 6.32. The summed E-state index contributed by atoms with van der Waals surface area (Å²) in [4.78, 5) is 25.3. The molecule has 2 aromatic carbocycles. The molecular formula is C22H23ClN2O5. The number of hydrogen-bond donors (Lipinski definition) is 2. The molecule has 2 N–H and O–H groups in total. The molecule has 0 aromatic heterocycles. The van der Waals surface area contributed by atoms with Crippen molar-refractivity contribution in [3.05, 3.63) is 64.2 Å². The summed E-state index contributed by atoms with van der Waals surface area (Å²) in [7, 11) is 1.57. The summed E-state index contributed by atoms with van der Waals surface area (Å²) in [6, 6.07) is 11.0. The summed E-state index contributed by atoms with van der Waals surface area (Å²) in [5.41, 5.74) is 1.93. The van der Waals surface area contributed by atoms with Crippen LogP contribution >= 0.6 is 11.6 Å². The van der Waals surface area contributed by atoms with Gasteiger partial charge in [0.2, 0.25) is 0 Å². The smallest absolute Gasteiger partial charge is 0.338 e. The van der Waals surface area contributed by atoms with E-state index in [9.17, 15) is 9.59 Å². The molecular weight excluding hydrogens is 408 g/mol. The molecule has 7 nitrogen and oxygen atoms in total. The van der Waals surface area contributed by atoms with Crippen LogP contribution in [0.4, 0.5) is 4.79 Å². The van der Waals surface area contributed by atoms with Gasteiger partial charge >= 0.3 is 12.0 Å². The van der Waals surface area contributed by atoms with Crippen molar-refractivity contribution in [1.82, 2.24) is 10.6 Å². The number of carbonyl (C=O) groups is 2. The van der Waals surface area contributed by atoms with Gasteiger partial charge in [-0.05, 0) is 61.4 Å². The number of ether oxygens (including phenoxy) is 3. The van der Waals surface area contributed by atoms with Crippen LogP contribution in [0, 0.1) is 0 Å². The number of nitrogens with one attached hydrogen (secondary N) is 2. The van der Waals surface area contributed by atoms with Crippen molar-refractivity contribution in [2.75, 3.05) is 20.3 Å². The van der Waals surface area contributed by atoms with Crippen molar-refractivity contribution in [2.24, 2.45) is 0 Å². The zero-order chi connectivity index (χ0) is 21.7. The van der Waals surface area contributed by atoms with Gasteiger partial charge in [-0.3, -0.25) is 0 Å². The van der Waals surface area contributed by atoms with Crippen LogP contribution in [0.1, 0.15) is 31.0 Å². The van der Waals surface area contributed by atoms with E-state index in [-0.39, 0.29) is 12.2 Å². The average Bonchev–Trinajstić information content (AvgIpc) is 2.75. The van der Waals surface area contributed by atoms with Crippen LogP contribution in [0.2, 0.25) is 5.02 Å². The van der Waals surface area contributed by atoms with Crippen LogP contribution in [-0.4, -0.2) is 32.3 Å². The zero-order valence-electron chi connectivity index (χ0n) is 17.0. The molecule has 1 aliphatic heterocycles. The Morgan fingerprint density at radius 1 is 1.10 bits per heavy atom. The Balaban J connectivity index is 2.13. The van der Waals surface area contributed by atoms with Gasteiger partial charge in [0.15, 0.2) is 0 Å². The third kappa shape index (κ3) is 4.52. The molecule has 1 unspecified atom stereocenters. The van der Waals surface area contributed by atoms with Crippen LogP contribution in [0.25, 0.3) is 5.70 Å². The van der Waals surface area contributed by atoms with Gasteiger partial charge in [0.05, 0.1) is 42.7 Å². The maximum atomic E-state index is 12.9. The summed E-state index contributed by atoms with van der Waals surface area (Å²) in [5, 5.41) is 5.91. The molecule has 0 saturated carbocycles. The molecule has 0 saturated heterocycles. The number of urea groups is 1. The molecule has 0 bridgehead atoms. The molecule has 1 heterocycles. The minimum absolute atomic E-state index is 0.197. The molecule has 0 fully saturated rings. The van der Waals surface area contributed by atoms with E-state index >= 15 is 0 Å². The number of rotatable bonds is 7. The fourth-order valence-electron chi connectivity index (χ4n) is 3.20. The molecule has 2 amide bonds. The monoisotopic (exact) mass is 430 g/mol. The highest BCUT2D eigenvalue weighted by Gasteiger charge is 2.34. The topological polar surface area (TPSA) is 85.9 Å². The lowest BCUT2D eigenvalue weighted by atomic mass is 9.92. The van der Waals surface area contributed by atoms with Crippen LogP contribution in [0.3, 0.4) is 0 Å². The second-order valence-electron chi connectivity index (χ2n) is 6.39. The second-order valence-corrected chi connectivity index (χ2v) is 6.80. The Kier molecular flexibility index (Phi) is 6.84. The van der Waals surface area contributed by atoms with E-state index in [4.69, 9.17) is 25.8 Å². The summed E-state index contributed by atoms with van der Waals surface area (Å²) < 4.78 is 16.0. The average molecular weight is 431 g/mol. The quantitative estimate of drug-likeness (QED) is 0.646. The van der Waals surface area contributed by atoms with E-state index < -0.39 is 18.0 Å². The summed E-state index contributed by atoms with van der Waals surface area (Å²) in [6.45, 7) is 4.25. The Bertz CT molecular complexity index is 972. The number of methoxy groups -OCH3 is 1. The Morgan fingerprint density at radius 2 is 1.83 bits per heavy atom. The third-order valence-corrected chi connectivity index (χ3v) is 4.83. The van der Waals surface area contributed by atoms with Crippen molar-refractivity contribution < 1.29 is 23.8 Å². The molecule has 1 aliphatic rings. The van der Waals surface area contributed by atoms with Crippen LogP contribution in [-0.2, 0) is 9.53 Å². The van der Waals surface area contributed by atoms with E-state index in [2.05, 4.69) is 10.6 Å². The van der Waals surface area contributed by atoms with Gasteiger partial charge in [-0.25, -0.2) is 9.59 Å². The normalized spacial score (nSPS) is 15.9. The standard InChI is InChI=1S/C22H23ClN2O5/c1-4-29-17-11-8-14(12-16(17)23)20-18(21(26)30-5-2)19(24-22(27)25-20)13-6-9-15(28-3)10-7-13/h6-12,20H,4-5H2,1-3H3,(H2,24,25,27). The van der Waals surface area contributed by atoms with Crippen molar-refractivity contribution >= 4 is 29.3 Å². The fourth-order valence-corrected chi connectivity index (χ4v) is 3.44. The maximum Gasteiger partial charge on any atom is 0.338 e. The highest BCUT2D eigenvalue weighted by atomic mass is 35.5. The van der Waals surface area contributed by atoms with Crippen molar-refractivity contribution in [1.29, 1.82) is 0 Å². The molecule has 3 rings (SSSR count).